The zero-order chi connectivity index (χ0) is 13.2. The van der Waals surface area contributed by atoms with Crippen LogP contribution in [0.5, 0.6) is 0 Å². The van der Waals surface area contributed by atoms with Crippen LogP contribution in [0.4, 0.5) is 16.2 Å². The lowest BCUT2D eigenvalue weighted by molar-refractivity contribution is 0.259. The Bertz CT molecular complexity index is 442. The molecule has 0 heterocycles. The first-order valence-corrected chi connectivity index (χ1v) is 6.38. The number of urea groups is 1. The van der Waals surface area contributed by atoms with E-state index in [1.165, 1.54) is 19.3 Å². The van der Waals surface area contributed by atoms with E-state index in [9.17, 15) is 4.79 Å². The van der Waals surface area contributed by atoms with Gasteiger partial charge in [0.15, 0.2) is 0 Å². The van der Waals surface area contributed by atoms with Crippen LogP contribution in [0.3, 0.4) is 0 Å². The topological polar surface area (TPSA) is 67.2 Å². The Morgan fingerprint density at radius 2 is 2.11 bits per heavy atom. The minimum absolute atomic E-state index is 0.431. The van der Waals surface area contributed by atoms with E-state index in [-0.39, 0.29) is 0 Å². The summed E-state index contributed by atoms with van der Waals surface area (Å²) in [6.07, 6.45) is 3.63. The minimum atomic E-state index is -0.533. The summed E-state index contributed by atoms with van der Waals surface area (Å²) in [7, 11) is 0. The smallest absolute Gasteiger partial charge is 0.316 e. The van der Waals surface area contributed by atoms with Gasteiger partial charge in [0.05, 0.1) is 0 Å². The van der Waals surface area contributed by atoms with Gasteiger partial charge in [0.2, 0.25) is 0 Å². The molecule has 2 rings (SSSR count). The molecular formula is C14H21N3O. The lowest BCUT2D eigenvalue weighted by atomic mass is 9.92. The highest BCUT2D eigenvalue weighted by molar-refractivity contribution is 5.88. The summed E-state index contributed by atoms with van der Waals surface area (Å²) in [5, 5.41) is 6.10. The van der Waals surface area contributed by atoms with E-state index < -0.39 is 6.03 Å². The summed E-state index contributed by atoms with van der Waals surface area (Å²) in [5.74, 6) is 0. The highest BCUT2D eigenvalue weighted by Gasteiger charge is 2.30. The molecule has 4 nitrogen and oxygen atoms in total. The Labute approximate surface area is 108 Å². The third kappa shape index (κ3) is 3.39. The van der Waals surface area contributed by atoms with Crippen LogP contribution in [-0.2, 0) is 0 Å². The number of hydrogen-bond acceptors (Lipinski definition) is 2. The predicted molar refractivity (Wildman–Crippen MR) is 74.7 cm³/mol. The van der Waals surface area contributed by atoms with Gasteiger partial charge in [0.1, 0.15) is 0 Å². The lowest BCUT2D eigenvalue weighted by Crippen LogP contribution is -2.20. The molecular weight excluding hydrogens is 226 g/mol. The Balaban J connectivity index is 1.99. The number of amides is 2. The molecule has 98 valence electrons. The Morgan fingerprint density at radius 3 is 2.72 bits per heavy atom. The lowest BCUT2D eigenvalue weighted by Gasteiger charge is -2.19. The fourth-order valence-electron chi connectivity index (χ4n) is 2.62. The molecule has 1 atom stereocenters. The molecule has 0 saturated heterocycles. The van der Waals surface area contributed by atoms with Crippen LogP contribution in [0.25, 0.3) is 0 Å². The fraction of sp³-hybridized carbons (Fsp3) is 0.500. The van der Waals surface area contributed by atoms with Gasteiger partial charge >= 0.3 is 6.03 Å². The second-order valence-electron chi connectivity index (χ2n) is 5.82. The fourth-order valence-corrected chi connectivity index (χ4v) is 2.62. The van der Waals surface area contributed by atoms with Gasteiger partial charge in [-0.2, -0.15) is 0 Å². The number of primary amides is 1. The van der Waals surface area contributed by atoms with Crippen molar-refractivity contribution in [3.05, 3.63) is 24.3 Å². The first-order chi connectivity index (χ1) is 8.44. The van der Waals surface area contributed by atoms with Gasteiger partial charge in [0, 0.05) is 17.4 Å². The Morgan fingerprint density at radius 1 is 1.39 bits per heavy atom. The van der Waals surface area contributed by atoms with E-state index in [2.05, 4.69) is 24.5 Å². The second kappa shape index (κ2) is 4.88. The summed E-state index contributed by atoms with van der Waals surface area (Å²) in [6.45, 7) is 4.61. The third-order valence-corrected chi connectivity index (χ3v) is 3.47. The van der Waals surface area contributed by atoms with Crippen molar-refractivity contribution in [1.29, 1.82) is 0 Å². The molecule has 1 fully saturated rings. The zero-order valence-electron chi connectivity index (χ0n) is 11.0. The summed E-state index contributed by atoms with van der Waals surface area (Å²) in [6, 6.07) is 7.65. The van der Waals surface area contributed by atoms with Crippen molar-refractivity contribution >= 4 is 17.4 Å². The highest BCUT2D eigenvalue weighted by Crippen LogP contribution is 2.38. The van der Waals surface area contributed by atoms with Gasteiger partial charge in [-0.15, -0.1) is 0 Å². The van der Waals surface area contributed by atoms with Gasteiger partial charge in [-0.1, -0.05) is 19.9 Å². The van der Waals surface area contributed by atoms with Crippen LogP contribution in [-0.4, -0.2) is 12.1 Å². The van der Waals surface area contributed by atoms with Crippen molar-refractivity contribution in [2.75, 3.05) is 10.6 Å². The maximum absolute atomic E-state index is 10.8. The number of nitrogens with two attached hydrogens (primary N) is 1. The van der Waals surface area contributed by atoms with Crippen LogP contribution in [0.2, 0.25) is 0 Å². The quantitative estimate of drug-likeness (QED) is 0.768. The average Bonchev–Trinajstić information content (AvgIpc) is 2.57. The van der Waals surface area contributed by atoms with E-state index in [0.29, 0.717) is 11.5 Å². The van der Waals surface area contributed by atoms with E-state index >= 15 is 0 Å². The molecule has 0 aliphatic heterocycles. The molecule has 4 N–H and O–H groups in total. The Kier molecular flexibility index (Phi) is 3.45. The van der Waals surface area contributed by atoms with Crippen LogP contribution >= 0.6 is 0 Å². The van der Waals surface area contributed by atoms with Gasteiger partial charge in [-0.25, -0.2) is 4.79 Å². The molecule has 4 heteroatoms. The molecule has 1 aliphatic rings. The first kappa shape index (κ1) is 12.7. The van der Waals surface area contributed by atoms with E-state index in [0.717, 1.165) is 11.4 Å². The van der Waals surface area contributed by atoms with Crippen molar-refractivity contribution < 1.29 is 4.79 Å². The molecule has 1 unspecified atom stereocenters. The van der Waals surface area contributed by atoms with E-state index in [1.54, 1.807) is 0 Å². The van der Waals surface area contributed by atoms with E-state index in [4.69, 9.17) is 5.73 Å². The van der Waals surface area contributed by atoms with Gasteiger partial charge in [-0.3, -0.25) is 0 Å². The minimum Gasteiger partial charge on any atom is -0.382 e. The van der Waals surface area contributed by atoms with Crippen molar-refractivity contribution in [3.63, 3.8) is 0 Å². The van der Waals surface area contributed by atoms with Crippen molar-refractivity contribution in [2.24, 2.45) is 11.1 Å². The molecule has 1 aliphatic carbocycles. The van der Waals surface area contributed by atoms with Gasteiger partial charge in [0.25, 0.3) is 0 Å². The maximum atomic E-state index is 10.8. The largest absolute Gasteiger partial charge is 0.382 e. The normalized spacial score (nSPS) is 21.6. The molecule has 0 radical (unpaired) electrons. The Hall–Kier alpha value is -1.71. The average molecular weight is 247 g/mol. The molecule has 0 bridgehead atoms. The van der Waals surface area contributed by atoms with Gasteiger partial charge in [-0.05, 0) is 42.9 Å². The maximum Gasteiger partial charge on any atom is 0.316 e. The monoisotopic (exact) mass is 247 g/mol. The summed E-state index contributed by atoms with van der Waals surface area (Å²) < 4.78 is 0. The molecule has 0 spiro atoms. The second-order valence-corrected chi connectivity index (χ2v) is 5.82. The summed E-state index contributed by atoms with van der Waals surface area (Å²) in [4.78, 5) is 10.8. The summed E-state index contributed by atoms with van der Waals surface area (Å²) >= 11 is 0. The van der Waals surface area contributed by atoms with Crippen molar-refractivity contribution in [1.82, 2.24) is 0 Å². The molecule has 2 amide bonds. The number of nitrogens with one attached hydrogen (secondary N) is 2. The van der Waals surface area contributed by atoms with E-state index in [1.807, 2.05) is 24.3 Å². The number of rotatable bonds is 3. The molecule has 1 saturated carbocycles. The van der Waals surface area contributed by atoms with Crippen LogP contribution in [0.1, 0.15) is 33.1 Å². The number of anilines is 2. The van der Waals surface area contributed by atoms with Crippen LogP contribution in [0, 0.1) is 5.41 Å². The number of carbonyl (C=O) groups excluding carboxylic acids is 1. The highest BCUT2D eigenvalue weighted by atomic mass is 16.2. The molecule has 0 aromatic heterocycles. The number of hydrogen-bond donors (Lipinski definition) is 3. The molecule has 18 heavy (non-hydrogen) atoms. The first-order valence-electron chi connectivity index (χ1n) is 6.38. The standard InChI is InChI=1S/C14H21N3O/c1-14(2)7-6-12(9-14)16-10-4-3-5-11(8-10)17-13(15)18/h3-5,8,12,16H,6-7,9H2,1-2H3,(H3,15,17,18). The van der Waals surface area contributed by atoms with Crippen molar-refractivity contribution in [3.8, 4) is 0 Å². The molecule has 1 aromatic rings. The number of benzene rings is 1. The zero-order valence-corrected chi connectivity index (χ0v) is 11.0. The van der Waals surface area contributed by atoms with Gasteiger partial charge < -0.3 is 16.4 Å². The number of carbonyl (C=O) groups is 1. The SMILES string of the molecule is CC1(C)CCC(Nc2cccc(NC(N)=O)c2)C1. The van der Waals surface area contributed by atoms with Crippen LogP contribution < -0.4 is 16.4 Å². The molecule has 1 aromatic carbocycles. The summed E-state index contributed by atoms with van der Waals surface area (Å²) in [5.41, 5.74) is 7.29. The predicted octanol–water partition coefficient (Wildman–Crippen LogP) is 3.17. The van der Waals surface area contributed by atoms with Crippen LogP contribution in [0.15, 0.2) is 24.3 Å². The third-order valence-electron chi connectivity index (χ3n) is 3.47. The van der Waals surface area contributed by atoms with Crippen molar-refractivity contribution in [2.45, 2.75) is 39.2 Å².